The summed E-state index contributed by atoms with van der Waals surface area (Å²) >= 11 is 0. The molecule has 2 aliphatic heterocycles. The molecule has 6 nitrogen and oxygen atoms in total. The molecule has 0 radical (unpaired) electrons. The van der Waals surface area contributed by atoms with Crippen molar-refractivity contribution >= 4 is 27.3 Å². The van der Waals surface area contributed by atoms with Gasteiger partial charge in [-0.05, 0) is 68.9 Å². The molecule has 3 aromatic rings. The zero-order chi connectivity index (χ0) is 24.0. The lowest BCUT2D eigenvalue weighted by Crippen LogP contribution is -2.47. The molecule has 176 valence electrons. The summed E-state index contributed by atoms with van der Waals surface area (Å²) in [7, 11) is -0.165. The number of benzene rings is 3. The average molecular weight is 476 g/mol. The van der Waals surface area contributed by atoms with Crippen molar-refractivity contribution in [1.82, 2.24) is 4.90 Å². The van der Waals surface area contributed by atoms with Crippen LogP contribution < -0.4 is 9.21 Å². The summed E-state index contributed by atoms with van der Waals surface area (Å²) in [6.07, 6.45) is 0.884. The number of likely N-dealkylation sites (tertiary alicyclic amines) is 1. The van der Waals surface area contributed by atoms with Crippen LogP contribution in [0.3, 0.4) is 0 Å². The van der Waals surface area contributed by atoms with Gasteiger partial charge in [-0.1, -0.05) is 42.0 Å². The lowest BCUT2D eigenvalue weighted by molar-refractivity contribution is 0.0964. The summed E-state index contributed by atoms with van der Waals surface area (Å²) in [5.41, 5.74) is 4.27. The van der Waals surface area contributed by atoms with Gasteiger partial charge in [0.15, 0.2) is 0 Å². The number of carbonyl (C=O) groups excluding carboxylic acids is 1. The summed E-state index contributed by atoms with van der Waals surface area (Å²) in [4.78, 5) is 18.2. The molecule has 0 spiro atoms. The maximum Gasteiger partial charge on any atom is 0.264 e. The van der Waals surface area contributed by atoms with Crippen LogP contribution >= 0.6 is 0 Å². The number of sulfonamides is 1. The quantitative estimate of drug-likeness (QED) is 0.566. The monoisotopic (exact) mass is 475 g/mol. The molecular formula is C27H29N3O3S. The van der Waals surface area contributed by atoms with E-state index in [9.17, 15) is 13.2 Å². The van der Waals surface area contributed by atoms with Crippen molar-refractivity contribution in [2.45, 2.75) is 30.2 Å². The minimum atomic E-state index is -3.81. The molecule has 2 aliphatic rings. The zero-order valence-electron chi connectivity index (χ0n) is 19.7. The predicted molar refractivity (Wildman–Crippen MR) is 135 cm³/mol. The number of nitrogens with zero attached hydrogens (tertiary/aromatic N) is 3. The number of anilines is 2. The molecule has 0 saturated carbocycles. The molecular weight excluding hydrogens is 446 g/mol. The minimum Gasteiger partial charge on any atom is -0.306 e. The van der Waals surface area contributed by atoms with Crippen LogP contribution in [0.4, 0.5) is 11.4 Å². The first-order valence-corrected chi connectivity index (χ1v) is 13.0. The molecule has 1 fully saturated rings. The van der Waals surface area contributed by atoms with E-state index in [2.05, 4.69) is 24.9 Å². The van der Waals surface area contributed by atoms with Gasteiger partial charge in [0, 0.05) is 36.8 Å². The summed E-state index contributed by atoms with van der Waals surface area (Å²) < 4.78 is 27.9. The third-order valence-corrected chi connectivity index (χ3v) is 8.81. The van der Waals surface area contributed by atoms with Gasteiger partial charge in [-0.25, -0.2) is 8.42 Å². The van der Waals surface area contributed by atoms with Gasteiger partial charge in [0.1, 0.15) is 0 Å². The van der Waals surface area contributed by atoms with Gasteiger partial charge in [-0.2, -0.15) is 0 Å². The highest BCUT2D eigenvalue weighted by atomic mass is 32.2. The summed E-state index contributed by atoms with van der Waals surface area (Å²) in [5, 5.41) is 0. The molecule has 0 aliphatic carbocycles. The molecule has 2 heterocycles. The fourth-order valence-electron chi connectivity index (χ4n) is 5.21. The van der Waals surface area contributed by atoms with Crippen LogP contribution in [0.25, 0.3) is 0 Å². The number of rotatable bonds is 4. The number of carbonyl (C=O) groups is 1. The molecule has 0 unspecified atom stereocenters. The van der Waals surface area contributed by atoms with Crippen LogP contribution in [0.5, 0.6) is 0 Å². The maximum absolute atomic E-state index is 13.9. The van der Waals surface area contributed by atoms with Crippen molar-refractivity contribution < 1.29 is 13.2 Å². The van der Waals surface area contributed by atoms with E-state index in [0.29, 0.717) is 11.3 Å². The highest BCUT2D eigenvalue weighted by Gasteiger charge is 2.44. The van der Waals surface area contributed by atoms with E-state index in [4.69, 9.17) is 0 Å². The Kier molecular flexibility index (Phi) is 5.70. The predicted octanol–water partition coefficient (Wildman–Crippen LogP) is 4.27. The third kappa shape index (κ3) is 3.79. The highest BCUT2D eigenvalue weighted by molar-refractivity contribution is 7.92. The average Bonchev–Trinajstić information content (AvgIpc) is 3.16. The van der Waals surface area contributed by atoms with Crippen LogP contribution in [-0.2, 0) is 10.0 Å². The molecule has 0 bridgehead atoms. The van der Waals surface area contributed by atoms with E-state index in [-0.39, 0.29) is 22.8 Å². The summed E-state index contributed by atoms with van der Waals surface area (Å²) in [6, 6.07) is 21.7. The Hall–Kier alpha value is -3.16. The lowest BCUT2D eigenvalue weighted by Gasteiger charge is -2.36. The topological polar surface area (TPSA) is 60.9 Å². The van der Waals surface area contributed by atoms with Crippen molar-refractivity contribution in [3.8, 4) is 0 Å². The molecule has 3 aromatic carbocycles. The molecule has 7 heteroatoms. The van der Waals surface area contributed by atoms with Crippen LogP contribution in [0.2, 0.25) is 0 Å². The Labute approximate surface area is 201 Å². The van der Waals surface area contributed by atoms with Crippen LogP contribution in [0.1, 0.15) is 33.8 Å². The number of piperidine rings is 1. The number of aryl methyl sites for hydroxylation is 1. The number of amides is 1. The number of para-hydroxylation sites is 1. The number of likely N-dealkylation sites (N-methyl/N-ethyl adjacent to an activating group) is 1. The number of hydrogen-bond donors (Lipinski definition) is 0. The first-order chi connectivity index (χ1) is 16.3. The van der Waals surface area contributed by atoms with Crippen LogP contribution in [0.15, 0.2) is 77.7 Å². The second kappa shape index (κ2) is 8.56. The van der Waals surface area contributed by atoms with Gasteiger partial charge in [0.05, 0.1) is 10.6 Å². The highest BCUT2D eigenvalue weighted by Crippen LogP contribution is 2.45. The van der Waals surface area contributed by atoms with E-state index < -0.39 is 10.0 Å². The molecule has 1 saturated heterocycles. The van der Waals surface area contributed by atoms with Crippen molar-refractivity contribution in [3.05, 3.63) is 89.5 Å². The van der Waals surface area contributed by atoms with E-state index in [1.807, 2.05) is 23.1 Å². The van der Waals surface area contributed by atoms with Crippen molar-refractivity contribution in [2.24, 2.45) is 0 Å². The van der Waals surface area contributed by atoms with E-state index in [1.54, 1.807) is 42.5 Å². The van der Waals surface area contributed by atoms with Gasteiger partial charge in [0.2, 0.25) is 0 Å². The minimum absolute atomic E-state index is 0.0766. The largest absolute Gasteiger partial charge is 0.306 e. The first-order valence-electron chi connectivity index (χ1n) is 11.5. The first kappa shape index (κ1) is 22.6. The molecule has 2 atom stereocenters. The normalized spacial score (nSPS) is 20.0. The fourth-order valence-corrected chi connectivity index (χ4v) is 6.45. The van der Waals surface area contributed by atoms with Crippen molar-refractivity contribution in [1.29, 1.82) is 0 Å². The van der Waals surface area contributed by atoms with Crippen molar-refractivity contribution in [3.63, 3.8) is 0 Å². The maximum atomic E-state index is 13.9. The zero-order valence-corrected chi connectivity index (χ0v) is 20.5. The SMILES string of the molecule is Cc1ccc2c(c1)[C@@H]1CN(C)CC[C@@H]1N2C(=O)c1cccc(S(=O)(=O)N(C)c2ccccc2)c1. The summed E-state index contributed by atoms with van der Waals surface area (Å²) in [6.45, 7) is 3.90. The van der Waals surface area contributed by atoms with E-state index >= 15 is 0 Å². The molecule has 34 heavy (non-hydrogen) atoms. The Balaban J connectivity index is 1.51. The van der Waals surface area contributed by atoms with Crippen molar-refractivity contribution in [2.75, 3.05) is 36.4 Å². The number of fused-ring (bicyclic) bond motifs is 3. The summed E-state index contributed by atoms with van der Waals surface area (Å²) in [5.74, 6) is 0.107. The Bertz CT molecular complexity index is 1340. The molecule has 0 N–H and O–H groups in total. The van der Waals surface area contributed by atoms with Crippen LogP contribution in [0, 0.1) is 6.92 Å². The fraction of sp³-hybridized carbons (Fsp3) is 0.296. The van der Waals surface area contributed by atoms with Gasteiger partial charge in [-0.3, -0.25) is 9.10 Å². The molecule has 1 amide bonds. The standard InChI is InChI=1S/C27H29N3O3S/c1-19-12-13-25-23(16-19)24-18-28(2)15-14-26(24)30(25)27(31)20-8-7-11-22(17-20)34(32,33)29(3)21-9-5-4-6-10-21/h4-13,16-17,24,26H,14-15,18H2,1-3H3/t24-,26-/m0/s1. The lowest BCUT2D eigenvalue weighted by atomic mass is 9.88. The molecule has 0 aromatic heterocycles. The van der Waals surface area contributed by atoms with Gasteiger partial charge in [0.25, 0.3) is 15.9 Å². The smallest absolute Gasteiger partial charge is 0.264 e. The Morgan fingerprint density at radius 3 is 2.53 bits per heavy atom. The van der Waals surface area contributed by atoms with Crippen LogP contribution in [-0.4, -0.2) is 52.5 Å². The second-order valence-corrected chi connectivity index (χ2v) is 11.3. The van der Waals surface area contributed by atoms with E-state index in [0.717, 1.165) is 25.2 Å². The Morgan fingerprint density at radius 1 is 1.00 bits per heavy atom. The van der Waals surface area contributed by atoms with Gasteiger partial charge >= 0.3 is 0 Å². The number of hydrogen-bond acceptors (Lipinski definition) is 4. The third-order valence-electron chi connectivity index (χ3n) is 7.03. The van der Waals surface area contributed by atoms with E-state index in [1.165, 1.54) is 28.5 Å². The van der Waals surface area contributed by atoms with Gasteiger partial charge in [-0.15, -0.1) is 0 Å². The Morgan fingerprint density at radius 2 is 1.76 bits per heavy atom. The van der Waals surface area contributed by atoms with Gasteiger partial charge < -0.3 is 9.80 Å². The second-order valence-electron chi connectivity index (χ2n) is 9.30. The molecule has 5 rings (SSSR count).